The first-order chi connectivity index (χ1) is 14.4. The van der Waals surface area contributed by atoms with Crippen LogP contribution in [0.4, 0.5) is 5.69 Å². The minimum Gasteiger partial charge on any atom is -0.491 e. The summed E-state index contributed by atoms with van der Waals surface area (Å²) in [6, 6.07) is 14.4. The van der Waals surface area contributed by atoms with Gasteiger partial charge in [0.1, 0.15) is 18.1 Å². The van der Waals surface area contributed by atoms with Gasteiger partial charge in [-0.3, -0.25) is 9.10 Å². The van der Waals surface area contributed by atoms with Gasteiger partial charge in [-0.15, -0.1) is 0 Å². The maximum atomic E-state index is 12.3. The summed E-state index contributed by atoms with van der Waals surface area (Å²) in [6.45, 7) is 8.73. The summed E-state index contributed by atoms with van der Waals surface area (Å²) in [5.74, 6) is 1.03. The van der Waals surface area contributed by atoms with Gasteiger partial charge in [0.25, 0.3) is 5.91 Å². The van der Waals surface area contributed by atoms with Crippen LogP contribution in [-0.2, 0) is 20.2 Å². The lowest BCUT2D eigenvalue weighted by Gasteiger charge is -2.22. The number of para-hydroxylation sites is 1. The van der Waals surface area contributed by atoms with E-state index in [4.69, 9.17) is 9.47 Å². The van der Waals surface area contributed by atoms with E-state index in [0.29, 0.717) is 24.6 Å². The van der Waals surface area contributed by atoms with Gasteiger partial charge < -0.3 is 14.8 Å². The van der Waals surface area contributed by atoms with Gasteiger partial charge in [0.2, 0.25) is 10.0 Å². The van der Waals surface area contributed by atoms with E-state index in [1.165, 1.54) is 11.4 Å². The zero-order valence-electron chi connectivity index (χ0n) is 19.0. The topological polar surface area (TPSA) is 84.9 Å². The van der Waals surface area contributed by atoms with Crippen LogP contribution < -0.4 is 19.1 Å². The fraction of sp³-hybridized carbons (Fsp3) is 0.435. The lowest BCUT2D eigenvalue weighted by atomic mass is 9.86. The van der Waals surface area contributed by atoms with E-state index in [9.17, 15) is 13.2 Å². The highest BCUT2D eigenvalue weighted by atomic mass is 32.2. The van der Waals surface area contributed by atoms with Gasteiger partial charge in [0.15, 0.2) is 6.10 Å². The molecule has 7 nitrogen and oxygen atoms in total. The maximum absolute atomic E-state index is 12.3. The van der Waals surface area contributed by atoms with Crippen LogP contribution in [0.2, 0.25) is 0 Å². The van der Waals surface area contributed by atoms with Crippen molar-refractivity contribution in [3.8, 4) is 11.5 Å². The highest BCUT2D eigenvalue weighted by Gasteiger charge is 2.19. The summed E-state index contributed by atoms with van der Waals surface area (Å²) in [5.41, 5.74) is 1.59. The van der Waals surface area contributed by atoms with Crippen molar-refractivity contribution in [3.63, 3.8) is 0 Å². The summed E-state index contributed by atoms with van der Waals surface area (Å²) < 4.78 is 35.9. The Morgan fingerprint density at radius 3 is 2.29 bits per heavy atom. The van der Waals surface area contributed by atoms with Gasteiger partial charge in [0, 0.05) is 7.05 Å². The Labute approximate surface area is 185 Å². The third kappa shape index (κ3) is 7.17. The van der Waals surface area contributed by atoms with E-state index in [2.05, 4.69) is 26.1 Å². The molecule has 0 bridgehead atoms. The average molecular weight is 449 g/mol. The summed E-state index contributed by atoms with van der Waals surface area (Å²) in [6.07, 6.45) is 0.426. The van der Waals surface area contributed by atoms with Gasteiger partial charge in [-0.2, -0.15) is 0 Å². The predicted molar refractivity (Wildman–Crippen MR) is 123 cm³/mol. The summed E-state index contributed by atoms with van der Waals surface area (Å²) in [5, 5.41) is 2.80. The number of hydrogen-bond acceptors (Lipinski definition) is 5. The lowest BCUT2D eigenvalue weighted by molar-refractivity contribution is -0.127. The quantitative estimate of drug-likeness (QED) is 0.595. The first-order valence-corrected chi connectivity index (χ1v) is 11.9. The van der Waals surface area contributed by atoms with Crippen molar-refractivity contribution in [2.24, 2.45) is 0 Å². The number of anilines is 1. The number of benzene rings is 2. The van der Waals surface area contributed by atoms with Crippen molar-refractivity contribution < 1.29 is 22.7 Å². The van der Waals surface area contributed by atoms with Crippen LogP contribution >= 0.6 is 0 Å². The molecule has 8 heteroatoms. The smallest absolute Gasteiger partial charge is 0.260 e. The van der Waals surface area contributed by atoms with Crippen molar-refractivity contribution >= 4 is 21.6 Å². The lowest BCUT2D eigenvalue weighted by Crippen LogP contribution is -2.38. The normalized spacial score (nSPS) is 12.7. The minimum absolute atomic E-state index is 0.0339. The second-order valence-electron chi connectivity index (χ2n) is 8.37. The monoisotopic (exact) mass is 448 g/mol. The highest BCUT2D eigenvalue weighted by Crippen LogP contribution is 2.30. The molecular weight excluding hydrogens is 416 g/mol. The number of carbonyl (C=O) groups is 1. The number of nitrogens with one attached hydrogen (secondary N) is 1. The Morgan fingerprint density at radius 2 is 1.71 bits per heavy atom. The molecule has 0 spiro atoms. The first-order valence-electron chi connectivity index (χ1n) is 10.1. The standard InChI is InChI=1S/C23H32N2O5S/c1-17(30-19-13-11-18(12-14-19)25(5)31(6,27)28)22(26)24-15-16-29-21-10-8-7-9-20(21)23(2,3)4/h7-14,17H,15-16H2,1-6H3,(H,24,26). The molecule has 170 valence electrons. The summed E-state index contributed by atoms with van der Waals surface area (Å²) >= 11 is 0. The van der Waals surface area contributed by atoms with Crippen LogP contribution in [0.5, 0.6) is 11.5 Å². The largest absolute Gasteiger partial charge is 0.491 e. The molecule has 0 saturated carbocycles. The van der Waals surface area contributed by atoms with E-state index in [1.54, 1.807) is 31.2 Å². The molecule has 0 aromatic heterocycles. The van der Waals surface area contributed by atoms with Crippen molar-refractivity contribution in [3.05, 3.63) is 54.1 Å². The Hall–Kier alpha value is -2.74. The van der Waals surface area contributed by atoms with E-state index in [1.807, 2.05) is 24.3 Å². The molecule has 1 N–H and O–H groups in total. The van der Waals surface area contributed by atoms with E-state index < -0.39 is 16.1 Å². The SMILES string of the molecule is CC(Oc1ccc(N(C)S(C)(=O)=O)cc1)C(=O)NCCOc1ccccc1C(C)(C)C. The number of rotatable bonds is 9. The van der Waals surface area contributed by atoms with E-state index >= 15 is 0 Å². The van der Waals surface area contributed by atoms with Crippen LogP contribution in [0, 0.1) is 0 Å². The molecule has 0 aliphatic carbocycles. The third-order valence-corrected chi connectivity index (χ3v) is 5.94. The number of amides is 1. The van der Waals surface area contributed by atoms with Crippen LogP contribution in [0.1, 0.15) is 33.3 Å². The van der Waals surface area contributed by atoms with Gasteiger partial charge in [-0.1, -0.05) is 39.0 Å². The number of nitrogens with zero attached hydrogens (tertiary/aromatic N) is 1. The zero-order chi connectivity index (χ0) is 23.2. The Morgan fingerprint density at radius 1 is 1.10 bits per heavy atom. The highest BCUT2D eigenvalue weighted by molar-refractivity contribution is 7.92. The molecule has 0 radical (unpaired) electrons. The van der Waals surface area contributed by atoms with Crippen LogP contribution in [-0.4, -0.2) is 46.9 Å². The number of sulfonamides is 1. The van der Waals surface area contributed by atoms with Gasteiger partial charge in [0.05, 0.1) is 18.5 Å². The average Bonchev–Trinajstić information content (AvgIpc) is 2.70. The predicted octanol–water partition coefficient (Wildman–Crippen LogP) is 3.34. The number of ether oxygens (including phenoxy) is 2. The molecule has 2 rings (SSSR count). The third-order valence-electron chi connectivity index (χ3n) is 4.73. The second-order valence-corrected chi connectivity index (χ2v) is 10.4. The Balaban J connectivity index is 1.83. The van der Waals surface area contributed by atoms with Crippen molar-refractivity contribution in [2.45, 2.75) is 39.2 Å². The van der Waals surface area contributed by atoms with Crippen molar-refractivity contribution in [1.82, 2.24) is 5.32 Å². The van der Waals surface area contributed by atoms with Crippen LogP contribution in [0.15, 0.2) is 48.5 Å². The zero-order valence-corrected chi connectivity index (χ0v) is 19.8. The molecule has 1 amide bonds. The first kappa shape index (κ1) is 24.5. The van der Waals surface area contributed by atoms with Gasteiger partial charge in [-0.25, -0.2) is 8.42 Å². The molecule has 31 heavy (non-hydrogen) atoms. The molecule has 0 saturated heterocycles. The van der Waals surface area contributed by atoms with Crippen molar-refractivity contribution in [2.75, 3.05) is 30.8 Å². The molecule has 2 aromatic carbocycles. The number of carbonyl (C=O) groups excluding carboxylic acids is 1. The van der Waals surface area contributed by atoms with E-state index in [0.717, 1.165) is 17.6 Å². The van der Waals surface area contributed by atoms with Gasteiger partial charge in [-0.05, 0) is 48.2 Å². The molecule has 0 heterocycles. The Bertz CT molecular complexity index is 982. The van der Waals surface area contributed by atoms with Crippen LogP contribution in [0.3, 0.4) is 0 Å². The summed E-state index contributed by atoms with van der Waals surface area (Å²) in [7, 11) is -1.86. The molecule has 0 fully saturated rings. The fourth-order valence-electron chi connectivity index (χ4n) is 2.87. The summed E-state index contributed by atoms with van der Waals surface area (Å²) in [4.78, 5) is 12.3. The number of hydrogen-bond donors (Lipinski definition) is 1. The minimum atomic E-state index is -3.33. The maximum Gasteiger partial charge on any atom is 0.260 e. The van der Waals surface area contributed by atoms with Crippen molar-refractivity contribution in [1.29, 1.82) is 0 Å². The molecule has 1 atom stereocenters. The second kappa shape index (κ2) is 10.0. The molecular formula is C23H32N2O5S. The molecule has 0 aliphatic heterocycles. The van der Waals surface area contributed by atoms with Gasteiger partial charge >= 0.3 is 0 Å². The Kier molecular flexibility index (Phi) is 7.95. The van der Waals surface area contributed by atoms with Crippen LogP contribution in [0.25, 0.3) is 0 Å². The van der Waals surface area contributed by atoms with E-state index in [-0.39, 0.29) is 11.3 Å². The fourth-order valence-corrected chi connectivity index (χ4v) is 3.38. The molecule has 0 aliphatic rings. The molecule has 2 aromatic rings. The molecule has 1 unspecified atom stereocenters.